The zero-order valence-corrected chi connectivity index (χ0v) is 11.0. The van der Waals surface area contributed by atoms with Crippen LogP contribution in [0.15, 0.2) is 18.2 Å². The lowest BCUT2D eigenvalue weighted by molar-refractivity contribution is -0.146. The van der Waals surface area contributed by atoms with Gasteiger partial charge in [0, 0.05) is 0 Å². The predicted octanol–water partition coefficient (Wildman–Crippen LogP) is 1.23. The topological polar surface area (TPSA) is 132 Å². The van der Waals surface area contributed by atoms with E-state index >= 15 is 0 Å². The molecule has 0 heterocycles. The molecule has 0 amide bonds. The first-order valence-corrected chi connectivity index (χ1v) is 5.69. The molecule has 0 spiro atoms. The van der Waals surface area contributed by atoms with Crippen LogP contribution in [0.25, 0.3) is 0 Å². The molecule has 0 aromatic heterocycles. The largest absolute Gasteiger partial charge is 0.479 e. The molecule has 0 bridgehead atoms. The number of carboxylic acids is 3. The van der Waals surface area contributed by atoms with Crippen LogP contribution >= 0.6 is 0 Å². The summed E-state index contributed by atoms with van der Waals surface area (Å²) < 4.78 is 0. The SMILES string of the molecule is CCC(O)C(=O)O.Cc1cccc(C(=O)O)c1C(=O)O. The normalized spacial score (nSPS) is 10.9. The molecule has 1 unspecified atom stereocenters. The van der Waals surface area contributed by atoms with Crippen LogP contribution in [0.1, 0.15) is 39.6 Å². The van der Waals surface area contributed by atoms with Gasteiger partial charge in [0.05, 0.1) is 11.1 Å². The first-order valence-electron chi connectivity index (χ1n) is 5.69. The smallest absolute Gasteiger partial charge is 0.336 e. The van der Waals surface area contributed by atoms with E-state index in [-0.39, 0.29) is 17.5 Å². The number of aliphatic hydroxyl groups is 1. The van der Waals surface area contributed by atoms with E-state index in [1.807, 2.05) is 0 Å². The Morgan fingerprint density at radius 2 is 1.65 bits per heavy atom. The Hall–Kier alpha value is -2.41. The minimum Gasteiger partial charge on any atom is -0.479 e. The van der Waals surface area contributed by atoms with E-state index in [2.05, 4.69) is 0 Å². The lowest BCUT2D eigenvalue weighted by atomic mass is 10.0. The molecule has 0 saturated heterocycles. The van der Waals surface area contributed by atoms with Crippen LogP contribution in [0.2, 0.25) is 0 Å². The molecular formula is C13H16O7. The monoisotopic (exact) mass is 284 g/mol. The average molecular weight is 284 g/mol. The van der Waals surface area contributed by atoms with Crippen molar-refractivity contribution in [1.29, 1.82) is 0 Å². The van der Waals surface area contributed by atoms with E-state index in [0.717, 1.165) is 0 Å². The van der Waals surface area contributed by atoms with E-state index in [9.17, 15) is 14.4 Å². The molecule has 110 valence electrons. The van der Waals surface area contributed by atoms with E-state index < -0.39 is 24.0 Å². The Morgan fingerprint density at radius 3 is 1.90 bits per heavy atom. The van der Waals surface area contributed by atoms with Gasteiger partial charge in [-0.1, -0.05) is 19.1 Å². The number of aromatic carboxylic acids is 2. The number of aliphatic hydroxyl groups excluding tert-OH is 1. The number of carbonyl (C=O) groups is 3. The zero-order chi connectivity index (χ0) is 15.9. The van der Waals surface area contributed by atoms with Crippen molar-refractivity contribution in [1.82, 2.24) is 0 Å². The van der Waals surface area contributed by atoms with Crippen molar-refractivity contribution in [2.24, 2.45) is 0 Å². The quantitative estimate of drug-likeness (QED) is 0.653. The Balaban J connectivity index is 0.000000441. The second-order valence-electron chi connectivity index (χ2n) is 3.87. The molecule has 1 atom stereocenters. The van der Waals surface area contributed by atoms with Crippen molar-refractivity contribution in [2.75, 3.05) is 0 Å². The summed E-state index contributed by atoms with van der Waals surface area (Å²) >= 11 is 0. The van der Waals surface area contributed by atoms with Gasteiger partial charge < -0.3 is 20.4 Å². The highest BCUT2D eigenvalue weighted by Gasteiger charge is 2.17. The van der Waals surface area contributed by atoms with Crippen LogP contribution in [-0.2, 0) is 4.79 Å². The maximum Gasteiger partial charge on any atom is 0.336 e. The molecule has 1 rings (SSSR count). The van der Waals surface area contributed by atoms with Gasteiger partial charge in [-0.2, -0.15) is 0 Å². The fourth-order valence-corrected chi connectivity index (χ4v) is 1.30. The molecule has 7 nitrogen and oxygen atoms in total. The predicted molar refractivity (Wildman–Crippen MR) is 69.0 cm³/mol. The number of hydrogen-bond acceptors (Lipinski definition) is 4. The molecule has 0 fully saturated rings. The van der Waals surface area contributed by atoms with Crippen molar-refractivity contribution >= 4 is 17.9 Å². The lowest BCUT2D eigenvalue weighted by Gasteiger charge is -2.03. The fraction of sp³-hybridized carbons (Fsp3) is 0.308. The molecule has 0 aliphatic rings. The van der Waals surface area contributed by atoms with Gasteiger partial charge in [-0.25, -0.2) is 14.4 Å². The summed E-state index contributed by atoms with van der Waals surface area (Å²) in [4.78, 5) is 31.0. The second-order valence-corrected chi connectivity index (χ2v) is 3.87. The molecule has 0 aliphatic heterocycles. The highest BCUT2D eigenvalue weighted by Crippen LogP contribution is 2.13. The molecule has 0 aliphatic carbocycles. The summed E-state index contributed by atoms with van der Waals surface area (Å²) in [5.74, 6) is -3.58. The van der Waals surface area contributed by atoms with Gasteiger partial charge in [0.2, 0.25) is 0 Å². The maximum atomic E-state index is 10.7. The summed E-state index contributed by atoms with van der Waals surface area (Å²) in [6.45, 7) is 3.18. The molecule has 20 heavy (non-hydrogen) atoms. The minimum absolute atomic E-state index is 0.144. The highest BCUT2D eigenvalue weighted by atomic mass is 16.4. The highest BCUT2D eigenvalue weighted by molar-refractivity contribution is 6.02. The molecule has 1 aromatic carbocycles. The Bertz CT molecular complexity index is 507. The third-order valence-electron chi connectivity index (χ3n) is 2.39. The van der Waals surface area contributed by atoms with Crippen molar-refractivity contribution in [3.05, 3.63) is 34.9 Å². The first kappa shape index (κ1) is 17.6. The van der Waals surface area contributed by atoms with Crippen molar-refractivity contribution in [2.45, 2.75) is 26.4 Å². The van der Waals surface area contributed by atoms with Crippen LogP contribution in [-0.4, -0.2) is 44.4 Å². The van der Waals surface area contributed by atoms with Gasteiger partial charge in [-0.3, -0.25) is 0 Å². The third-order valence-corrected chi connectivity index (χ3v) is 2.39. The second kappa shape index (κ2) is 7.90. The van der Waals surface area contributed by atoms with Gasteiger partial charge >= 0.3 is 17.9 Å². The van der Waals surface area contributed by atoms with Gasteiger partial charge in [0.15, 0.2) is 6.10 Å². The maximum absolute atomic E-state index is 10.7. The van der Waals surface area contributed by atoms with Gasteiger partial charge in [-0.15, -0.1) is 0 Å². The molecule has 0 saturated carbocycles. The van der Waals surface area contributed by atoms with Crippen LogP contribution < -0.4 is 0 Å². The zero-order valence-electron chi connectivity index (χ0n) is 11.0. The van der Waals surface area contributed by atoms with Crippen LogP contribution in [0.3, 0.4) is 0 Å². The summed E-state index contributed by atoms with van der Waals surface area (Å²) in [6.07, 6.45) is -0.907. The van der Waals surface area contributed by atoms with Crippen LogP contribution in [0.4, 0.5) is 0 Å². The minimum atomic E-state index is -1.22. The number of benzene rings is 1. The molecule has 4 N–H and O–H groups in total. The van der Waals surface area contributed by atoms with E-state index in [0.29, 0.717) is 5.56 Å². The molecular weight excluding hydrogens is 268 g/mol. The van der Waals surface area contributed by atoms with Crippen LogP contribution in [0.5, 0.6) is 0 Å². The Labute approximate surface area is 115 Å². The van der Waals surface area contributed by atoms with Gasteiger partial charge in [0.1, 0.15) is 0 Å². The number of hydrogen-bond donors (Lipinski definition) is 4. The Morgan fingerprint density at radius 1 is 1.10 bits per heavy atom. The van der Waals surface area contributed by atoms with Crippen LogP contribution in [0, 0.1) is 6.92 Å². The molecule has 0 radical (unpaired) electrons. The molecule has 1 aromatic rings. The summed E-state index contributed by atoms with van der Waals surface area (Å²) in [5, 5.41) is 33.7. The standard InChI is InChI=1S/C9H8O4.C4H8O3/c1-5-3-2-4-6(8(10)11)7(5)9(12)13;1-2-3(5)4(6)7/h2-4H,1H3,(H,10,11)(H,12,13);3,5H,2H2,1H3,(H,6,7). The molecule has 7 heteroatoms. The van der Waals surface area contributed by atoms with Gasteiger partial charge in [0.25, 0.3) is 0 Å². The fourth-order valence-electron chi connectivity index (χ4n) is 1.30. The summed E-state index contributed by atoms with van der Waals surface area (Å²) in [7, 11) is 0. The van der Waals surface area contributed by atoms with E-state index in [1.54, 1.807) is 19.9 Å². The van der Waals surface area contributed by atoms with E-state index in [4.69, 9.17) is 20.4 Å². The van der Waals surface area contributed by atoms with Crippen molar-refractivity contribution < 1.29 is 34.8 Å². The van der Waals surface area contributed by atoms with Crippen molar-refractivity contribution in [3.63, 3.8) is 0 Å². The van der Waals surface area contributed by atoms with Gasteiger partial charge in [-0.05, 0) is 25.0 Å². The Kier molecular flexibility index (Phi) is 6.95. The summed E-state index contributed by atoms with van der Waals surface area (Å²) in [5.41, 5.74) is 0.134. The lowest BCUT2D eigenvalue weighted by Crippen LogP contribution is -2.17. The number of rotatable bonds is 4. The number of aliphatic carboxylic acids is 1. The van der Waals surface area contributed by atoms with E-state index in [1.165, 1.54) is 12.1 Å². The average Bonchev–Trinajstić information content (AvgIpc) is 2.37. The van der Waals surface area contributed by atoms with Crippen molar-refractivity contribution in [3.8, 4) is 0 Å². The number of carboxylic acid groups (broad SMARTS) is 3. The number of aryl methyl sites for hydroxylation is 1. The first-order chi connectivity index (χ1) is 9.22. The summed E-state index contributed by atoms with van der Waals surface area (Å²) in [6, 6.07) is 4.36. The third kappa shape index (κ3) is 5.07.